The summed E-state index contributed by atoms with van der Waals surface area (Å²) < 4.78 is 5.51. The maximum Gasteiger partial charge on any atom is 0.110 e. The van der Waals surface area contributed by atoms with Crippen LogP contribution >= 0.6 is 0 Å². The van der Waals surface area contributed by atoms with E-state index in [0.717, 1.165) is 16.6 Å². The lowest BCUT2D eigenvalue weighted by Crippen LogP contribution is -2.52. The Bertz CT molecular complexity index is 824. The Balaban J connectivity index is 1.70. The van der Waals surface area contributed by atoms with Crippen molar-refractivity contribution in [3.8, 4) is 0 Å². The van der Waals surface area contributed by atoms with Gasteiger partial charge in [0.15, 0.2) is 0 Å². The topological polar surface area (TPSA) is 34.2 Å². The molecule has 22 heavy (non-hydrogen) atoms. The second-order valence-electron chi connectivity index (χ2n) is 5.98. The number of nitrogens with one attached hydrogen (secondary N) is 1. The van der Waals surface area contributed by atoms with Gasteiger partial charge in [-0.3, -0.25) is 4.98 Å². The average Bonchev–Trinajstić information content (AvgIpc) is 2.51. The van der Waals surface area contributed by atoms with Crippen LogP contribution in [0.1, 0.15) is 11.1 Å². The molecule has 0 atom stereocenters. The fraction of sp³-hybridized carbons (Fsp3) is 0.211. The molecule has 2 heterocycles. The van der Waals surface area contributed by atoms with Gasteiger partial charge in [-0.25, -0.2) is 0 Å². The summed E-state index contributed by atoms with van der Waals surface area (Å²) in [5, 5.41) is 4.82. The molecule has 0 bridgehead atoms. The summed E-state index contributed by atoms with van der Waals surface area (Å²) in [5.74, 6) is 0. The zero-order chi connectivity index (χ0) is 15.0. The number of ether oxygens (including phenoxy) is 1. The van der Waals surface area contributed by atoms with Crippen LogP contribution in [-0.2, 0) is 10.3 Å². The summed E-state index contributed by atoms with van der Waals surface area (Å²) in [6.45, 7) is 3.50. The number of benzene rings is 2. The molecule has 0 aliphatic carbocycles. The molecule has 0 amide bonds. The molecule has 3 heteroatoms. The number of pyridine rings is 1. The number of rotatable bonds is 3. The molecule has 2 aromatic carbocycles. The third kappa shape index (κ3) is 2.24. The quantitative estimate of drug-likeness (QED) is 0.795. The number of fused-ring (bicyclic) bond motifs is 1. The number of hydrogen-bond donors (Lipinski definition) is 1. The Morgan fingerprint density at radius 3 is 2.73 bits per heavy atom. The minimum absolute atomic E-state index is 0.130. The van der Waals surface area contributed by atoms with Crippen molar-refractivity contribution in [3.63, 3.8) is 0 Å². The van der Waals surface area contributed by atoms with Crippen LogP contribution in [0.15, 0.2) is 60.8 Å². The molecular formula is C19H18N2O. The highest BCUT2D eigenvalue weighted by atomic mass is 16.5. The van der Waals surface area contributed by atoms with Crippen LogP contribution in [0.4, 0.5) is 5.69 Å². The number of nitrogens with zero attached hydrogens (tertiary/aromatic N) is 1. The third-order valence-electron chi connectivity index (χ3n) is 4.26. The maximum atomic E-state index is 5.51. The van der Waals surface area contributed by atoms with Gasteiger partial charge in [-0.15, -0.1) is 0 Å². The largest absolute Gasteiger partial charge is 0.376 e. The molecule has 0 radical (unpaired) electrons. The van der Waals surface area contributed by atoms with Crippen molar-refractivity contribution in [1.82, 2.24) is 4.98 Å². The van der Waals surface area contributed by atoms with E-state index in [1.54, 1.807) is 0 Å². The SMILES string of the molecule is Cc1cccc(C2(Nc3ccc4cccnc4c3)COC2)c1. The number of anilines is 1. The summed E-state index contributed by atoms with van der Waals surface area (Å²) >= 11 is 0. The Morgan fingerprint density at radius 1 is 1.05 bits per heavy atom. The van der Waals surface area contributed by atoms with E-state index in [-0.39, 0.29) is 5.54 Å². The minimum Gasteiger partial charge on any atom is -0.376 e. The van der Waals surface area contributed by atoms with Crippen molar-refractivity contribution in [1.29, 1.82) is 0 Å². The predicted molar refractivity (Wildman–Crippen MR) is 89.0 cm³/mol. The Kier molecular flexibility index (Phi) is 3.09. The molecule has 0 unspecified atom stereocenters. The highest BCUT2D eigenvalue weighted by Crippen LogP contribution is 2.34. The molecule has 1 fully saturated rings. The number of aryl methyl sites for hydroxylation is 1. The smallest absolute Gasteiger partial charge is 0.110 e. The first-order valence-corrected chi connectivity index (χ1v) is 7.53. The van der Waals surface area contributed by atoms with Crippen LogP contribution in [0.25, 0.3) is 10.9 Å². The van der Waals surface area contributed by atoms with Crippen molar-refractivity contribution in [2.75, 3.05) is 18.5 Å². The molecule has 1 aliphatic rings. The molecule has 1 aromatic heterocycles. The van der Waals surface area contributed by atoms with Crippen LogP contribution < -0.4 is 5.32 Å². The van der Waals surface area contributed by atoms with Crippen LogP contribution in [0.5, 0.6) is 0 Å². The second kappa shape index (κ2) is 5.11. The summed E-state index contributed by atoms with van der Waals surface area (Å²) in [5.41, 5.74) is 4.50. The molecule has 1 N–H and O–H groups in total. The Morgan fingerprint density at radius 2 is 1.95 bits per heavy atom. The average molecular weight is 290 g/mol. The van der Waals surface area contributed by atoms with Gasteiger partial charge in [-0.2, -0.15) is 0 Å². The van der Waals surface area contributed by atoms with Gasteiger partial charge >= 0.3 is 0 Å². The van der Waals surface area contributed by atoms with Gasteiger partial charge in [0.2, 0.25) is 0 Å². The normalized spacial score (nSPS) is 16.2. The van der Waals surface area contributed by atoms with Gasteiger partial charge in [0.25, 0.3) is 0 Å². The van der Waals surface area contributed by atoms with Crippen molar-refractivity contribution < 1.29 is 4.74 Å². The minimum atomic E-state index is -0.130. The molecule has 0 spiro atoms. The number of hydrogen-bond acceptors (Lipinski definition) is 3. The van der Waals surface area contributed by atoms with Gasteiger partial charge in [0.05, 0.1) is 18.7 Å². The van der Waals surface area contributed by atoms with Crippen LogP contribution in [0.3, 0.4) is 0 Å². The predicted octanol–water partition coefficient (Wildman–Crippen LogP) is 3.88. The van der Waals surface area contributed by atoms with Gasteiger partial charge in [-0.1, -0.05) is 42.0 Å². The first kappa shape index (κ1) is 13.3. The Labute approximate surface area is 130 Å². The van der Waals surface area contributed by atoms with E-state index in [9.17, 15) is 0 Å². The van der Waals surface area contributed by atoms with E-state index >= 15 is 0 Å². The van der Waals surface area contributed by atoms with Gasteiger partial charge in [0, 0.05) is 17.3 Å². The highest BCUT2D eigenvalue weighted by molar-refractivity contribution is 5.82. The molecular weight excluding hydrogens is 272 g/mol. The van der Waals surface area contributed by atoms with E-state index in [4.69, 9.17) is 4.74 Å². The van der Waals surface area contributed by atoms with E-state index in [2.05, 4.69) is 65.8 Å². The van der Waals surface area contributed by atoms with Gasteiger partial charge < -0.3 is 10.1 Å². The Hall–Kier alpha value is -2.39. The first-order valence-electron chi connectivity index (χ1n) is 7.53. The van der Waals surface area contributed by atoms with Crippen LogP contribution in [0.2, 0.25) is 0 Å². The standard InChI is InChI=1S/C19H18N2O/c1-14-4-2-6-16(10-14)19(12-22-13-19)21-17-8-7-15-5-3-9-20-18(15)11-17/h2-11,21H,12-13H2,1H3. The van der Waals surface area contributed by atoms with E-state index in [0.29, 0.717) is 13.2 Å². The highest BCUT2D eigenvalue weighted by Gasteiger charge is 2.40. The summed E-state index contributed by atoms with van der Waals surface area (Å²) in [6, 6.07) is 19.0. The summed E-state index contributed by atoms with van der Waals surface area (Å²) in [7, 11) is 0. The van der Waals surface area contributed by atoms with E-state index in [1.165, 1.54) is 11.1 Å². The lowest BCUT2D eigenvalue weighted by atomic mass is 9.86. The van der Waals surface area contributed by atoms with Crippen molar-refractivity contribution in [2.45, 2.75) is 12.5 Å². The van der Waals surface area contributed by atoms with Gasteiger partial charge in [-0.05, 0) is 30.7 Å². The zero-order valence-electron chi connectivity index (χ0n) is 12.5. The fourth-order valence-electron chi connectivity index (χ4n) is 2.98. The van der Waals surface area contributed by atoms with E-state index < -0.39 is 0 Å². The number of aromatic nitrogens is 1. The first-order chi connectivity index (χ1) is 10.8. The molecule has 1 aliphatic heterocycles. The molecule has 3 aromatic rings. The molecule has 0 saturated carbocycles. The molecule has 1 saturated heterocycles. The summed E-state index contributed by atoms with van der Waals surface area (Å²) in [4.78, 5) is 4.43. The van der Waals surface area contributed by atoms with Gasteiger partial charge in [0.1, 0.15) is 5.54 Å². The second-order valence-corrected chi connectivity index (χ2v) is 5.98. The maximum absolute atomic E-state index is 5.51. The lowest BCUT2D eigenvalue weighted by molar-refractivity contribution is -0.0447. The van der Waals surface area contributed by atoms with Crippen LogP contribution in [0, 0.1) is 6.92 Å². The zero-order valence-corrected chi connectivity index (χ0v) is 12.5. The van der Waals surface area contributed by atoms with Crippen molar-refractivity contribution in [2.24, 2.45) is 0 Å². The lowest BCUT2D eigenvalue weighted by Gasteiger charge is -2.43. The fourth-order valence-corrected chi connectivity index (χ4v) is 2.98. The van der Waals surface area contributed by atoms with Crippen molar-refractivity contribution >= 4 is 16.6 Å². The van der Waals surface area contributed by atoms with Crippen molar-refractivity contribution in [3.05, 3.63) is 71.9 Å². The van der Waals surface area contributed by atoms with Crippen LogP contribution in [-0.4, -0.2) is 18.2 Å². The third-order valence-corrected chi connectivity index (χ3v) is 4.26. The monoisotopic (exact) mass is 290 g/mol. The summed E-state index contributed by atoms with van der Waals surface area (Å²) in [6.07, 6.45) is 1.83. The molecule has 4 rings (SSSR count). The molecule has 3 nitrogen and oxygen atoms in total. The molecule has 110 valence electrons. The van der Waals surface area contributed by atoms with E-state index in [1.807, 2.05) is 12.3 Å².